The zero-order valence-corrected chi connectivity index (χ0v) is 17.8. The normalized spacial score (nSPS) is 15.4. The second-order valence-electron chi connectivity index (χ2n) is 7.52. The van der Waals surface area contributed by atoms with Gasteiger partial charge >= 0.3 is 0 Å². The van der Waals surface area contributed by atoms with Crippen LogP contribution in [0.2, 0.25) is 0 Å². The molecule has 150 valence electrons. The van der Waals surface area contributed by atoms with Crippen molar-refractivity contribution < 1.29 is 9.59 Å². The van der Waals surface area contributed by atoms with Crippen molar-refractivity contribution in [3.05, 3.63) is 34.2 Å². The lowest BCUT2D eigenvalue weighted by Gasteiger charge is -2.30. The van der Waals surface area contributed by atoms with E-state index in [-0.39, 0.29) is 17.7 Å². The summed E-state index contributed by atoms with van der Waals surface area (Å²) in [6.45, 7) is 8.13. The first-order valence-corrected chi connectivity index (χ1v) is 10.5. The van der Waals surface area contributed by atoms with Gasteiger partial charge in [0.1, 0.15) is 0 Å². The van der Waals surface area contributed by atoms with E-state index in [1.54, 1.807) is 7.05 Å². The highest BCUT2D eigenvalue weighted by Crippen LogP contribution is 2.31. The number of carbonyl (C=O) groups excluding carboxylic acids is 2. The molecule has 6 nitrogen and oxygen atoms in total. The monoisotopic (exact) mass is 400 g/mol. The molecular weight excluding hydrogens is 372 g/mol. The molecule has 0 atom stereocenters. The van der Waals surface area contributed by atoms with Crippen molar-refractivity contribution in [3.63, 3.8) is 0 Å². The second kappa shape index (κ2) is 8.84. The van der Waals surface area contributed by atoms with Crippen LogP contribution < -0.4 is 10.6 Å². The standard InChI is InChI=1S/C21H28N4O2S/c1-13-9-14(2)19(15(3)10-13)17-12-28-21(23-17)24-18(26)11-25-7-5-16(6-8-25)20(27)22-4/h9-10,12,16H,5-8,11H2,1-4H3,(H,22,27)(H,23,24,26). The van der Waals surface area contributed by atoms with Gasteiger partial charge in [-0.25, -0.2) is 4.98 Å². The van der Waals surface area contributed by atoms with Crippen LogP contribution in [0.5, 0.6) is 0 Å². The van der Waals surface area contributed by atoms with Gasteiger partial charge in [-0.2, -0.15) is 0 Å². The van der Waals surface area contributed by atoms with Crippen molar-refractivity contribution in [2.75, 3.05) is 32.0 Å². The number of piperidine rings is 1. The van der Waals surface area contributed by atoms with Gasteiger partial charge in [-0.05, 0) is 57.8 Å². The summed E-state index contributed by atoms with van der Waals surface area (Å²) in [5.41, 5.74) is 5.67. The number of hydrogen-bond donors (Lipinski definition) is 2. The Morgan fingerprint density at radius 1 is 1.18 bits per heavy atom. The molecular formula is C21H28N4O2S. The van der Waals surface area contributed by atoms with Gasteiger partial charge in [0, 0.05) is 23.9 Å². The lowest BCUT2D eigenvalue weighted by molar-refractivity contribution is -0.126. The van der Waals surface area contributed by atoms with E-state index < -0.39 is 0 Å². The maximum absolute atomic E-state index is 12.4. The van der Waals surface area contributed by atoms with Gasteiger partial charge in [-0.1, -0.05) is 17.7 Å². The Kier molecular flexibility index (Phi) is 6.46. The Bertz CT molecular complexity index is 846. The summed E-state index contributed by atoms with van der Waals surface area (Å²) in [5, 5.41) is 8.25. The van der Waals surface area contributed by atoms with Crippen LogP contribution in [0.15, 0.2) is 17.5 Å². The first-order valence-electron chi connectivity index (χ1n) is 9.65. The third kappa shape index (κ3) is 4.77. The van der Waals surface area contributed by atoms with Crippen molar-refractivity contribution in [2.45, 2.75) is 33.6 Å². The molecule has 1 aliphatic rings. The number of nitrogens with one attached hydrogen (secondary N) is 2. The van der Waals surface area contributed by atoms with Gasteiger partial charge in [0.2, 0.25) is 11.8 Å². The summed E-state index contributed by atoms with van der Waals surface area (Å²) in [6.07, 6.45) is 1.58. The Balaban J connectivity index is 1.57. The van der Waals surface area contributed by atoms with Crippen LogP contribution in [0.4, 0.5) is 5.13 Å². The second-order valence-corrected chi connectivity index (χ2v) is 8.38. The summed E-state index contributed by atoms with van der Waals surface area (Å²) in [5.74, 6) is 0.101. The third-order valence-electron chi connectivity index (χ3n) is 5.26. The van der Waals surface area contributed by atoms with Crippen LogP contribution in [-0.2, 0) is 9.59 Å². The average Bonchev–Trinajstić information content (AvgIpc) is 3.08. The highest BCUT2D eigenvalue weighted by molar-refractivity contribution is 7.14. The number of rotatable bonds is 5. The number of aryl methyl sites for hydroxylation is 3. The molecule has 1 aliphatic heterocycles. The van der Waals surface area contributed by atoms with E-state index in [4.69, 9.17) is 0 Å². The molecule has 0 saturated carbocycles. The average molecular weight is 401 g/mol. The molecule has 1 fully saturated rings. The number of anilines is 1. The Labute approximate surface area is 170 Å². The first kappa shape index (κ1) is 20.5. The summed E-state index contributed by atoms with van der Waals surface area (Å²) in [6, 6.07) is 4.31. The van der Waals surface area contributed by atoms with E-state index in [0.717, 1.165) is 37.2 Å². The molecule has 0 unspecified atom stereocenters. The molecule has 2 amide bonds. The maximum Gasteiger partial charge on any atom is 0.240 e. The lowest BCUT2D eigenvalue weighted by Crippen LogP contribution is -2.42. The number of thiazole rings is 1. The molecule has 0 bridgehead atoms. The number of hydrogen-bond acceptors (Lipinski definition) is 5. The molecule has 2 N–H and O–H groups in total. The first-order chi connectivity index (χ1) is 13.4. The summed E-state index contributed by atoms with van der Waals surface area (Å²) >= 11 is 1.45. The molecule has 28 heavy (non-hydrogen) atoms. The van der Waals surface area contributed by atoms with E-state index >= 15 is 0 Å². The molecule has 3 rings (SSSR count). The third-order valence-corrected chi connectivity index (χ3v) is 6.01. The molecule has 2 aromatic rings. The maximum atomic E-state index is 12.4. The van der Waals surface area contributed by atoms with Crippen molar-refractivity contribution in [1.82, 2.24) is 15.2 Å². The van der Waals surface area contributed by atoms with Crippen LogP contribution in [0.1, 0.15) is 29.5 Å². The van der Waals surface area contributed by atoms with Gasteiger partial charge in [-0.15, -0.1) is 11.3 Å². The number of aromatic nitrogens is 1. The fraction of sp³-hybridized carbons (Fsp3) is 0.476. The Morgan fingerprint density at radius 3 is 2.43 bits per heavy atom. The van der Waals surface area contributed by atoms with Gasteiger partial charge in [0.15, 0.2) is 5.13 Å². The highest BCUT2D eigenvalue weighted by atomic mass is 32.1. The Hall–Kier alpha value is -2.25. The minimum Gasteiger partial charge on any atom is -0.359 e. The number of carbonyl (C=O) groups is 2. The van der Waals surface area contributed by atoms with Crippen molar-refractivity contribution >= 4 is 28.3 Å². The summed E-state index contributed by atoms with van der Waals surface area (Å²) in [7, 11) is 1.67. The van der Waals surface area contributed by atoms with Gasteiger partial charge < -0.3 is 10.6 Å². The van der Waals surface area contributed by atoms with E-state index in [0.29, 0.717) is 11.7 Å². The van der Waals surface area contributed by atoms with E-state index in [1.165, 1.54) is 28.0 Å². The van der Waals surface area contributed by atoms with E-state index in [9.17, 15) is 9.59 Å². The lowest BCUT2D eigenvalue weighted by atomic mass is 9.96. The van der Waals surface area contributed by atoms with Crippen LogP contribution >= 0.6 is 11.3 Å². The van der Waals surface area contributed by atoms with Crippen molar-refractivity contribution in [3.8, 4) is 11.3 Å². The fourth-order valence-corrected chi connectivity index (χ4v) is 4.67. The SMILES string of the molecule is CNC(=O)C1CCN(CC(=O)Nc2nc(-c3c(C)cc(C)cc3C)cs2)CC1. The minimum atomic E-state index is -0.0587. The summed E-state index contributed by atoms with van der Waals surface area (Å²) in [4.78, 5) is 30.8. The van der Waals surface area contributed by atoms with Crippen molar-refractivity contribution in [1.29, 1.82) is 0 Å². The topological polar surface area (TPSA) is 74.3 Å². The van der Waals surface area contributed by atoms with Crippen LogP contribution in [0, 0.1) is 26.7 Å². The predicted octanol–water partition coefficient (Wildman–Crippen LogP) is 3.13. The molecule has 0 aliphatic carbocycles. The van der Waals surface area contributed by atoms with Crippen molar-refractivity contribution in [2.24, 2.45) is 5.92 Å². The number of amides is 2. The molecule has 1 aromatic heterocycles. The minimum absolute atomic E-state index is 0.0587. The predicted molar refractivity (Wildman–Crippen MR) is 114 cm³/mol. The number of benzene rings is 1. The summed E-state index contributed by atoms with van der Waals surface area (Å²) < 4.78 is 0. The smallest absolute Gasteiger partial charge is 0.240 e. The molecule has 7 heteroatoms. The van der Waals surface area contributed by atoms with Crippen LogP contribution in [0.3, 0.4) is 0 Å². The fourth-order valence-electron chi connectivity index (χ4n) is 3.95. The molecule has 0 spiro atoms. The van der Waals surface area contributed by atoms with Gasteiger partial charge in [-0.3, -0.25) is 14.5 Å². The molecule has 1 saturated heterocycles. The van der Waals surface area contributed by atoms with Gasteiger partial charge in [0.25, 0.3) is 0 Å². The Morgan fingerprint density at radius 2 is 1.82 bits per heavy atom. The highest BCUT2D eigenvalue weighted by Gasteiger charge is 2.25. The quantitative estimate of drug-likeness (QED) is 0.809. The zero-order valence-electron chi connectivity index (χ0n) is 17.0. The molecule has 0 radical (unpaired) electrons. The zero-order chi connectivity index (χ0) is 20.3. The van der Waals surface area contributed by atoms with Crippen LogP contribution in [0.25, 0.3) is 11.3 Å². The largest absolute Gasteiger partial charge is 0.359 e. The van der Waals surface area contributed by atoms with E-state index in [1.807, 2.05) is 5.38 Å². The number of likely N-dealkylation sites (tertiary alicyclic amines) is 1. The molecule has 2 heterocycles. The number of nitrogens with zero attached hydrogens (tertiary/aromatic N) is 2. The van der Waals surface area contributed by atoms with E-state index in [2.05, 4.69) is 53.4 Å². The molecule has 1 aromatic carbocycles. The van der Waals surface area contributed by atoms with Crippen LogP contribution in [-0.4, -0.2) is 48.4 Å². The van der Waals surface area contributed by atoms with Gasteiger partial charge in [0.05, 0.1) is 12.2 Å².